The number of thiophene rings is 1. The number of nitrogens with zero attached hydrogens (tertiary/aromatic N) is 2. The molecule has 0 saturated carbocycles. The number of sulfonamides is 1. The number of pyridine rings is 1. The molecule has 7 nitrogen and oxygen atoms in total. The summed E-state index contributed by atoms with van der Waals surface area (Å²) in [7, 11) is -3.87. The summed E-state index contributed by atoms with van der Waals surface area (Å²) in [6, 6.07) is 5.78. The summed E-state index contributed by atoms with van der Waals surface area (Å²) in [5.41, 5.74) is 0.581. The van der Waals surface area contributed by atoms with E-state index >= 15 is 0 Å². The summed E-state index contributed by atoms with van der Waals surface area (Å²) in [5.74, 6) is -1.11. The maximum atomic E-state index is 12.1. The fourth-order valence-corrected chi connectivity index (χ4v) is 3.68. The van der Waals surface area contributed by atoms with Crippen LogP contribution in [0.4, 0.5) is 5.00 Å². The molecule has 0 amide bonds. The van der Waals surface area contributed by atoms with Crippen LogP contribution in [-0.4, -0.2) is 24.5 Å². The van der Waals surface area contributed by atoms with Gasteiger partial charge in [0.15, 0.2) is 0 Å². The molecule has 0 unspecified atom stereocenters. The van der Waals surface area contributed by atoms with E-state index in [4.69, 9.17) is 10.4 Å². The van der Waals surface area contributed by atoms with E-state index in [0.717, 1.165) is 17.5 Å². The van der Waals surface area contributed by atoms with Gasteiger partial charge in [-0.3, -0.25) is 4.72 Å². The Morgan fingerprint density at radius 2 is 2.19 bits per heavy atom. The molecule has 108 valence electrons. The lowest BCUT2D eigenvalue weighted by Crippen LogP contribution is -2.12. The van der Waals surface area contributed by atoms with Gasteiger partial charge in [0.25, 0.3) is 10.0 Å². The lowest BCUT2D eigenvalue weighted by molar-refractivity contribution is 0.0701. The minimum absolute atomic E-state index is 0.0747. The maximum absolute atomic E-state index is 12.1. The Morgan fingerprint density at radius 1 is 1.48 bits per heavy atom. The molecule has 2 aromatic rings. The molecule has 2 aromatic heterocycles. The Balaban J connectivity index is 2.30. The topological polar surface area (TPSA) is 120 Å². The molecule has 2 rings (SSSR count). The molecule has 2 N–H and O–H groups in total. The van der Waals surface area contributed by atoms with Crippen LogP contribution in [0.2, 0.25) is 0 Å². The first-order chi connectivity index (χ1) is 9.83. The third-order valence-corrected chi connectivity index (χ3v) is 5.13. The number of rotatable bonds is 4. The molecule has 0 aliphatic rings. The molecule has 0 radical (unpaired) electrons. The van der Waals surface area contributed by atoms with Gasteiger partial charge >= 0.3 is 5.97 Å². The molecule has 0 aromatic carbocycles. The van der Waals surface area contributed by atoms with Gasteiger partial charge in [0.05, 0.1) is 0 Å². The first-order valence-corrected chi connectivity index (χ1v) is 7.86. The van der Waals surface area contributed by atoms with Crippen molar-refractivity contribution >= 4 is 32.3 Å². The van der Waals surface area contributed by atoms with Gasteiger partial charge in [-0.1, -0.05) is 0 Å². The molecule has 0 atom stereocenters. The smallest absolute Gasteiger partial charge is 0.346 e. The minimum atomic E-state index is -3.87. The van der Waals surface area contributed by atoms with Gasteiger partial charge in [0.1, 0.15) is 26.5 Å². The second-order valence-corrected chi connectivity index (χ2v) is 6.76. The first-order valence-electron chi connectivity index (χ1n) is 5.56. The van der Waals surface area contributed by atoms with E-state index in [2.05, 4.69) is 9.71 Å². The third-order valence-electron chi connectivity index (χ3n) is 2.51. The predicted octanol–water partition coefficient (Wildman–Crippen LogP) is 1.82. The lowest BCUT2D eigenvalue weighted by Gasteiger charge is -2.05. The van der Waals surface area contributed by atoms with Crippen molar-refractivity contribution in [3.8, 4) is 6.07 Å². The molecule has 21 heavy (non-hydrogen) atoms. The van der Waals surface area contributed by atoms with E-state index in [-0.39, 0.29) is 20.5 Å². The number of nitriles is 1. The van der Waals surface area contributed by atoms with Crippen molar-refractivity contribution in [3.63, 3.8) is 0 Å². The molecule has 0 fully saturated rings. The third kappa shape index (κ3) is 3.18. The Labute approximate surface area is 124 Å². The van der Waals surface area contributed by atoms with Crippen LogP contribution in [0.25, 0.3) is 0 Å². The van der Waals surface area contributed by atoms with Crippen LogP contribution in [0.15, 0.2) is 29.3 Å². The van der Waals surface area contributed by atoms with Gasteiger partial charge in [0.2, 0.25) is 0 Å². The number of carbonyl (C=O) groups is 1. The zero-order valence-electron chi connectivity index (χ0n) is 10.7. The molecule has 2 heterocycles. The minimum Gasteiger partial charge on any atom is -0.477 e. The molecule has 0 spiro atoms. The van der Waals surface area contributed by atoms with Crippen molar-refractivity contribution in [1.29, 1.82) is 5.26 Å². The second kappa shape index (κ2) is 5.51. The fourth-order valence-electron chi connectivity index (χ4n) is 1.54. The summed E-state index contributed by atoms with van der Waals surface area (Å²) < 4.78 is 26.5. The van der Waals surface area contributed by atoms with Crippen LogP contribution in [0.3, 0.4) is 0 Å². The standard InChI is InChI=1S/C12H9N3O4S2/c1-7-4-10(20-11(7)12(16)17)15-21(18,19)9-3-2-8(5-13)14-6-9/h2-4,6,15H,1H3,(H,16,17). The highest BCUT2D eigenvalue weighted by Crippen LogP contribution is 2.28. The number of carboxylic acids is 1. The summed E-state index contributed by atoms with van der Waals surface area (Å²) >= 11 is 0.834. The quantitative estimate of drug-likeness (QED) is 0.885. The van der Waals surface area contributed by atoms with E-state index in [1.54, 1.807) is 13.0 Å². The highest BCUT2D eigenvalue weighted by molar-refractivity contribution is 7.93. The average molecular weight is 323 g/mol. The second-order valence-electron chi connectivity index (χ2n) is 4.02. The molecule has 0 saturated heterocycles. The number of nitrogens with one attached hydrogen (secondary N) is 1. The Bertz CT molecular complexity index is 832. The van der Waals surface area contributed by atoms with E-state index in [1.807, 2.05) is 0 Å². The van der Waals surface area contributed by atoms with Crippen molar-refractivity contribution in [3.05, 3.63) is 40.5 Å². The maximum Gasteiger partial charge on any atom is 0.346 e. The number of hydrogen-bond acceptors (Lipinski definition) is 6. The van der Waals surface area contributed by atoms with Crippen molar-refractivity contribution < 1.29 is 18.3 Å². The van der Waals surface area contributed by atoms with E-state index < -0.39 is 16.0 Å². The number of hydrogen-bond donors (Lipinski definition) is 2. The average Bonchev–Trinajstić information content (AvgIpc) is 2.79. The van der Waals surface area contributed by atoms with Crippen LogP contribution in [-0.2, 0) is 10.0 Å². The first kappa shape index (κ1) is 15.0. The SMILES string of the molecule is Cc1cc(NS(=O)(=O)c2ccc(C#N)nc2)sc1C(=O)O. The van der Waals surface area contributed by atoms with Gasteiger partial charge in [-0.25, -0.2) is 18.2 Å². The molecule has 0 bridgehead atoms. The highest BCUT2D eigenvalue weighted by Gasteiger charge is 2.18. The van der Waals surface area contributed by atoms with Gasteiger partial charge in [-0.15, -0.1) is 11.3 Å². The monoisotopic (exact) mass is 323 g/mol. The summed E-state index contributed by atoms with van der Waals surface area (Å²) in [6.45, 7) is 1.58. The van der Waals surface area contributed by atoms with Gasteiger partial charge in [0, 0.05) is 6.20 Å². The zero-order valence-corrected chi connectivity index (χ0v) is 12.3. The summed E-state index contributed by atoms with van der Waals surface area (Å²) in [5, 5.41) is 17.8. The molecule has 9 heteroatoms. The van der Waals surface area contributed by atoms with E-state index in [1.165, 1.54) is 18.2 Å². The number of aromatic nitrogens is 1. The van der Waals surface area contributed by atoms with Crippen LogP contribution in [0.1, 0.15) is 20.9 Å². The van der Waals surface area contributed by atoms with Crippen LogP contribution >= 0.6 is 11.3 Å². The largest absolute Gasteiger partial charge is 0.477 e. The number of anilines is 1. The van der Waals surface area contributed by atoms with Crippen LogP contribution < -0.4 is 4.72 Å². The highest BCUT2D eigenvalue weighted by atomic mass is 32.2. The van der Waals surface area contributed by atoms with Gasteiger partial charge in [-0.2, -0.15) is 5.26 Å². The summed E-state index contributed by atoms with van der Waals surface area (Å²) in [4.78, 5) is 14.6. The number of aryl methyl sites for hydroxylation is 1. The van der Waals surface area contributed by atoms with Crippen LogP contribution in [0, 0.1) is 18.3 Å². The molecule has 0 aliphatic carbocycles. The van der Waals surface area contributed by atoms with Crippen molar-refractivity contribution in [2.45, 2.75) is 11.8 Å². The van der Waals surface area contributed by atoms with Crippen molar-refractivity contribution in [1.82, 2.24) is 4.98 Å². The van der Waals surface area contributed by atoms with Gasteiger partial charge in [-0.05, 0) is 30.7 Å². The molecular weight excluding hydrogens is 314 g/mol. The summed E-state index contributed by atoms with van der Waals surface area (Å²) in [6.07, 6.45) is 1.07. The Morgan fingerprint density at radius 3 is 2.67 bits per heavy atom. The fraction of sp³-hybridized carbons (Fsp3) is 0.0833. The van der Waals surface area contributed by atoms with Crippen LogP contribution in [0.5, 0.6) is 0 Å². The Kier molecular flexibility index (Phi) is 3.93. The van der Waals surface area contributed by atoms with E-state index in [0.29, 0.717) is 5.56 Å². The predicted molar refractivity (Wildman–Crippen MR) is 75.8 cm³/mol. The lowest BCUT2D eigenvalue weighted by atomic mass is 10.3. The number of carboxylic acid groups (broad SMARTS) is 1. The zero-order chi connectivity index (χ0) is 15.6. The van der Waals surface area contributed by atoms with Gasteiger partial charge < -0.3 is 5.11 Å². The van der Waals surface area contributed by atoms with Crippen molar-refractivity contribution in [2.24, 2.45) is 0 Å². The normalized spacial score (nSPS) is 10.9. The Hall–Kier alpha value is -2.44. The van der Waals surface area contributed by atoms with Crippen molar-refractivity contribution in [2.75, 3.05) is 4.72 Å². The van der Waals surface area contributed by atoms with E-state index in [9.17, 15) is 13.2 Å². The number of aromatic carboxylic acids is 1. The molecular formula is C12H9N3O4S2. The molecule has 0 aliphatic heterocycles.